The largest absolute Gasteiger partial charge is 0.467 e. The van der Waals surface area contributed by atoms with Crippen LogP contribution in [0.15, 0.2) is 36.4 Å². The molecular weight excluding hydrogens is 220 g/mol. The summed E-state index contributed by atoms with van der Waals surface area (Å²) in [5, 5.41) is 9.95. The van der Waals surface area contributed by atoms with Gasteiger partial charge in [-0.25, -0.2) is 4.79 Å². The third-order valence-corrected chi connectivity index (χ3v) is 2.28. The maximum absolute atomic E-state index is 11.4. The van der Waals surface area contributed by atoms with Crippen molar-refractivity contribution >= 4 is 18.3 Å². The molecular formula is C13H14O4. The molecule has 0 radical (unpaired) electrons. The number of methoxy groups -OCH3 is 1. The number of carbonyl (C=O) groups is 2. The van der Waals surface area contributed by atoms with Crippen molar-refractivity contribution in [3.05, 3.63) is 42.0 Å². The first-order valence-electron chi connectivity index (χ1n) is 5.11. The van der Waals surface area contributed by atoms with E-state index >= 15 is 0 Å². The lowest BCUT2D eigenvalue weighted by Gasteiger charge is -2.18. The molecule has 1 atom stereocenters. The Hall–Kier alpha value is -1.94. The molecule has 0 amide bonds. The van der Waals surface area contributed by atoms with E-state index < -0.39 is 11.6 Å². The van der Waals surface area contributed by atoms with Crippen molar-refractivity contribution in [2.75, 3.05) is 7.11 Å². The van der Waals surface area contributed by atoms with Crippen LogP contribution in [-0.4, -0.2) is 30.1 Å². The summed E-state index contributed by atoms with van der Waals surface area (Å²) in [6.07, 6.45) is 2.98. The highest BCUT2D eigenvalue weighted by Crippen LogP contribution is 2.15. The molecule has 0 aliphatic carbocycles. The van der Waals surface area contributed by atoms with Crippen LogP contribution in [0.25, 0.3) is 6.08 Å². The zero-order valence-corrected chi connectivity index (χ0v) is 9.50. The van der Waals surface area contributed by atoms with Crippen molar-refractivity contribution in [2.24, 2.45) is 0 Å². The van der Waals surface area contributed by atoms with Crippen LogP contribution in [0.1, 0.15) is 12.0 Å². The highest BCUT2D eigenvalue weighted by Gasteiger charge is 2.33. The lowest BCUT2D eigenvalue weighted by atomic mass is 9.99. The smallest absolute Gasteiger partial charge is 0.342 e. The number of benzene rings is 1. The Balaban J connectivity index is 2.90. The summed E-state index contributed by atoms with van der Waals surface area (Å²) in [5.41, 5.74) is -1.08. The third kappa shape index (κ3) is 3.53. The van der Waals surface area contributed by atoms with Gasteiger partial charge in [-0.1, -0.05) is 36.4 Å². The average molecular weight is 234 g/mol. The van der Waals surface area contributed by atoms with Gasteiger partial charge in [0, 0.05) is 6.42 Å². The number of rotatable bonds is 5. The zero-order valence-electron chi connectivity index (χ0n) is 9.50. The van der Waals surface area contributed by atoms with Crippen molar-refractivity contribution in [2.45, 2.75) is 12.0 Å². The van der Waals surface area contributed by atoms with Gasteiger partial charge in [-0.05, 0) is 11.6 Å². The van der Waals surface area contributed by atoms with E-state index in [9.17, 15) is 14.7 Å². The van der Waals surface area contributed by atoms with Gasteiger partial charge < -0.3 is 14.6 Å². The number of esters is 1. The molecule has 0 saturated carbocycles. The maximum atomic E-state index is 11.4. The molecule has 0 saturated heterocycles. The lowest BCUT2D eigenvalue weighted by Crippen LogP contribution is -2.37. The van der Waals surface area contributed by atoms with Crippen LogP contribution < -0.4 is 0 Å². The number of hydrogen-bond acceptors (Lipinski definition) is 4. The van der Waals surface area contributed by atoms with Gasteiger partial charge in [-0.15, -0.1) is 0 Å². The van der Waals surface area contributed by atoms with Crippen molar-refractivity contribution in [1.29, 1.82) is 0 Å². The molecule has 4 heteroatoms. The molecule has 0 unspecified atom stereocenters. The average Bonchev–Trinajstić information content (AvgIpc) is 2.37. The topological polar surface area (TPSA) is 63.6 Å². The molecule has 0 spiro atoms. The minimum absolute atomic E-state index is 0.330. The SMILES string of the molecule is COC(=O)[C@](O)(/C=C/c1ccccc1)CC=O. The second-order valence-electron chi connectivity index (χ2n) is 3.53. The number of carbonyl (C=O) groups excluding carboxylic acids is 2. The van der Waals surface area contributed by atoms with Crippen LogP contribution in [-0.2, 0) is 14.3 Å². The number of ether oxygens (including phenoxy) is 1. The molecule has 0 heterocycles. The fraction of sp³-hybridized carbons (Fsp3) is 0.231. The summed E-state index contributed by atoms with van der Waals surface area (Å²) in [5.74, 6) is -0.850. The summed E-state index contributed by atoms with van der Waals surface area (Å²) >= 11 is 0. The molecule has 0 bridgehead atoms. The summed E-state index contributed by atoms with van der Waals surface area (Å²) < 4.78 is 4.46. The predicted molar refractivity (Wildman–Crippen MR) is 63.1 cm³/mol. The van der Waals surface area contributed by atoms with Crippen molar-refractivity contribution < 1.29 is 19.4 Å². The number of aldehydes is 1. The molecule has 1 rings (SSSR count). The highest BCUT2D eigenvalue weighted by atomic mass is 16.5. The Bertz CT molecular complexity index is 411. The van der Waals surface area contributed by atoms with Crippen molar-refractivity contribution in [3.63, 3.8) is 0 Å². The molecule has 0 fully saturated rings. The standard InChI is InChI=1S/C13H14O4/c1-17-12(15)13(16,9-10-14)8-7-11-5-3-2-4-6-11/h2-8,10,16H,9H2,1H3/b8-7+/t13-/m0/s1. The molecule has 0 aliphatic heterocycles. The van der Waals surface area contributed by atoms with E-state index in [1.54, 1.807) is 6.08 Å². The van der Waals surface area contributed by atoms with E-state index in [4.69, 9.17) is 0 Å². The van der Waals surface area contributed by atoms with E-state index in [2.05, 4.69) is 4.74 Å². The molecule has 90 valence electrons. The van der Waals surface area contributed by atoms with E-state index in [0.717, 1.165) is 12.7 Å². The first-order valence-corrected chi connectivity index (χ1v) is 5.11. The summed E-state index contributed by atoms with van der Waals surface area (Å²) in [6.45, 7) is 0. The van der Waals surface area contributed by atoms with Gasteiger partial charge in [-0.3, -0.25) is 0 Å². The van der Waals surface area contributed by atoms with E-state index in [1.165, 1.54) is 6.08 Å². The van der Waals surface area contributed by atoms with Crippen LogP contribution in [0, 0.1) is 0 Å². The minimum atomic E-state index is -1.90. The van der Waals surface area contributed by atoms with Crippen LogP contribution >= 0.6 is 0 Å². The Kier molecular flexibility index (Phi) is 4.60. The Morgan fingerprint density at radius 2 is 2.06 bits per heavy atom. The number of aliphatic hydroxyl groups is 1. The Labute approximate surface area is 99.5 Å². The highest BCUT2D eigenvalue weighted by molar-refractivity contribution is 5.85. The third-order valence-electron chi connectivity index (χ3n) is 2.28. The predicted octanol–water partition coefficient (Wildman–Crippen LogP) is 1.19. The molecule has 0 aromatic heterocycles. The van der Waals surface area contributed by atoms with Gasteiger partial charge in [0.25, 0.3) is 0 Å². The van der Waals surface area contributed by atoms with Crippen LogP contribution in [0.4, 0.5) is 0 Å². The summed E-state index contributed by atoms with van der Waals surface area (Å²) in [4.78, 5) is 21.8. The molecule has 0 aliphatic rings. The summed E-state index contributed by atoms with van der Waals surface area (Å²) in [7, 11) is 1.16. The maximum Gasteiger partial charge on any atom is 0.342 e. The van der Waals surface area contributed by atoms with Crippen LogP contribution in [0.2, 0.25) is 0 Å². The second kappa shape index (κ2) is 5.96. The first-order chi connectivity index (χ1) is 8.12. The quantitative estimate of drug-likeness (QED) is 0.614. The van der Waals surface area contributed by atoms with Gasteiger partial charge >= 0.3 is 5.97 Å². The lowest BCUT2D eigenvalue weighted by molar-refractivity contribution is -0.158. The van der Waals surface area contributed by atoms with E-state index in [0.29, 0.717) is 6.29 Å². The van der Waals surface area contributed by atoms with Gasteiger partial charge in [-0.2, -0.15) is 0 Å². The van der Waals surface area contributed by atoms with Crippen molar-refractivity contribution in [1.82, 2.24) is 0 Å². The van der Waals surface area contributed by atoms with Crippen molar-refractivity contribution in [3.8, 4) is 0 Å². The van der Waals surface area contributed by atoms with Gasteiger partial charge in [0.05, 0.1) is 7.11 Å². The fourth-order valence-electron chi connectivity index (χ4n) is 1.32. The Morgan fingerprint density at radius 1 is 1.41 bits per heavy atom. The number of hydrogen-bond donors (Lipinski definition) is 1. The van der Waals surface area contributed by atoms with Crippen LogP contribution in [0.3, 0.4) is 0 Å². The Morgan fingerprint density at radius 3 is 2.59 bits per heavy atom. The monoisotopic (exact) mass is 234 g/mol. The molecule has 17 heavy (non-hydrogen) atoms. The van der Waals surface area contributed by atoms with Gasteiger partial charge in [0.15, 0.2) is 5.60 Å². The van der Waals surface area contributed by atoms with Gasteiger partial charge in [0.2, 0.25) is 0 Å². The van der Waals surface area contributed by atoms with Crippen LogP contribution in [0.5, 0.6) is 0 Å². The molecule has 1 aromatic rings. The van der Waals surface area contributed by atoms with E-state index in [-0.39, 0.29) is 6.42 Å². The first kappa shape index (κ1) is 13.1. The molecule has 1 N–H and O–H groups in total. The zero-order chi connectivity index (χ0) is 12.7. The normalized spacial score (nSPS) is 14.2. The van der Waals surface area contributed by atoms with E-state index in [1.807, 2.05) is 30.3 Å². The van der Waals surface area contributed by atoms with Gasteiger partial charge in [0.1, 0.15) is 6.29 Å². The minimum Gasteiger partial charge on any atom is -0.467 e. The second-order valence-corrected chi connectivity index (χ2v) is 3.53. The molecule has 1 aromatic carbocycles. The summed E-state index contributed by atoms with van der Waals surface area (Å²) in [6, 6.07) is 9.15. The molecule has 4 nitrogen and oxygen atoms in total. The fourth-order valence-corrected chi connectivity index (χ4v) is 1.32.